The highest BCUT2D eigenvalue weighted by Crippen LogP contribution is 2.41. The molecule has 0 saturated heterocycles. The van der Waals surface area contributed by atoms with Crippen LogP contribution in [0, 0.1) is 35.8 Å². The predicted molar refractivity (Wildman–Crippen MR) is 160 cm³/mol. The molecule has 0 radical (unpaired) electrons. The van der Waals surface area contributed by atoms with E-state index in [9.17, 15) is 29.7 Å². The number of Topliss-reactive ketones (excluding diaryl/α,β-unsaturated/α-hetero) is 4. The smallest absolute Gasteiger partial charge is 0.197 e. The van der Waals surface area contributed by atoms with Crippen molar-refractivity contribution in [2.24, 2.45) is 7.05 Å². The molecule has 44 heavy (non-hydrogen) atoms. The van der Waals surface area contributed by atoms with Crippen molar-refractivity contribution in [3.8, 4) is 12.1 Å². The maximum atomic E-state index is 13.1. The molecule has 2 aliphatic rings. The van der Waals surface area contributed by atoms with Crippen molar-refractivity contribution < 1.29 is 19.2 Å². The van der Waals surface area contributed by atoms with E-state index in [1.165, 1.54) is 59.1 Å². The number of benzene rings is 2. The lowest BCUT2D eigenvalue weighted by Gasteiger charge is -1.98. The Balaban J connectivity index is 1.27. The van der Waals surface area contributed by atoms with Gasteiger partial charge in [0.1, 0.15) is 22.2 Å². The van der Waals surface area contributed by atoms with Crippen molar-refractivity contribution >= 4 is 90.0 Å². The monoisotopic (exact) mass is 607 g/mol. The second kappa shape index (κ2) is 9.32. The molecule has 0 spiro atoms. The van der Waals surface area contributed by atoms with Crippen molar-refractivity contribution in [1.29, 1.82) is 10.5 Å². The maximum Gasteiger partial charge on any atom is 0.197 e. The highest BCUT2D eigenvalue weighted by atomic mass is 32.1. The number of nitrogens with zero attached hydrogens (tertiary/aromatic N) is 7. The molecule has 0 bridgehead atoms. The first-order valence-corrected chi connectivity index (χ1v) is 14.1. The number of allylic oxidation sites excluding steroid dienone is 2. The number of ketones is 4. The summed E-state index contributed by atoms with van der Waals surface area (Å²) in [4.78, 5) is 68.1. The number of hydrogen-bond donors (Lipinski definition) is 0. The first kappa shape index (κ1) is 26.5. The van der Waals surface area contributed by atoms with Crippen LogP contribution < -0.4 is 0 Å². The summed E-state index contributed by atoms with van der Waals surface area (Å²) >= 11 is 2.46. The molecular formula is C31H9N7O4S2. The third-order valence-electron chi connectivity index (χ3n) is 7.34. The zero-order chi connectivity index (χ0) is 31.0. The summed E-state index contributed by atoms with van der Waals surface area (Å²) < 4.78 is 3.17. The maximum absolute atomic E-state index is 13.1. The predicted octanol–water partition coefficient (Wildman–Crippen LogP) is 6.01. The first-order valence-electron chi connectivity index (χ1n) is 12.5. The van der Waals surface area contributed by atoms with E-state index in [-0.39, 0.29) is 55.9 Å². The Bertz CT molecular complexity index is 2250. The van der Waals surface area contributed by atoms with Gasteiger partial charge in [0.05, 0.1) is 44.8 Å². The van der Waals surface area contributed by atoms with E-state index in [2.05, 4.69) is 19.7 Å². The molecular weight excluding hydrogens is 599 g/mol. The fourth-order valence-corrected chi connectivity index (χ4v) is 7.42. The van der Waals surface area contributed by atoms with Crippen LogP contribution in [-0.2, 0) is 7.05 Å². The van der Waals surface area contributed by atoms with Gasteiger partial charge in [-0.25, -0.2) is 9.97 Å². The zero-order valence-electron chi connectivity index (χ0n) is 22.0. The van der Waals surface area contributed by atoms with Crippen molar-refractivity contribution in [3.05, 3.63) is 102 Å². The number of carbonyl (C=O) groups is 4. The van der Waals surface area contributed by atoms with Gasteiger partial charge in [0.2, 0.25) is 0 Å². The molecule has 2 aromatic carbocycles. The second-order valence-electron chi connectivity index (χ2n) is 9.68. The first-order chi connectivity index (χ1) is 21.2. The van der Waals surface area contributed by atoms with Gasteiger partial charge in [0.15, 0.2) is 45.8 Å². The number of thiazole rings is 2. The fraction of sp³-hybridized carbons (Fsp3) is 0.0323. The molecule has 3 aromatic heterocycles. The van der Waals surface area contributed by atoms with Crippen LogP contribution in [0.3, 0.4) is 0 Å². The topological polar surface area (TPSA) is 155 Å². The van der Waals surface area contributed by atoms with Gasteiger partial charge in [-0.1, -0.05) is 12.1 Å². The molecule has 13 heteroatoms. The minimum absolute atomic E-state index is 0.00298. The molecule has 204 valence electrons. The second-order valence-corrected chi connectivity index (χ2v) is 11.7. The van der Waals surface area contributed by atoms with Crippen molar-refractivity contribution in [1.82, 2.24) is 14.5 Å². The van der Waals surface area contributed by atoms with Crippen LogP contribution in [-0.4, -0.2) is 37.7 Å². The summed E-state index contributed by atoms with van der Waals surface area (Å²) in [5.74, 6) is -2.20. The molecule has 0 amide bonds. The fourth-order valence-electron chi connectivity index (χ4n) is 5.22. The highest BCUT2D eigenvalue weighted by molar-refractivity contribution is 7.27. The van der Waals surface area contributed by atoms with Gasteiger partial charge in [0.25, 0.3) is 0 Å². The van der Waals surface area contributed by atoms with Gasteiger partial charge >= 0.3 is 0 Å². The van der Waals surface area contributed by atoms with E-state index in [1.54, 1.807) is 11.6 Å². The van der Waals surface area contributed by atoms with Gasteiger partial charge in [-0.15, -0.1) is 22.7 Å². The summed E-state index contributed by atoms with van der Waals surface area (Å²) in [6.45, 7) is 14.5. The number of fused-ring (bicyclic) bond motifs is 5. The Hall–Kier alpha value is -6.38. The average Bonchev–Trinajstić information content (AvgIpc) is 3.80. The van der Waals surface area contributed by atoms with E-state index >= 15 is 0 Å². The molecule has 5 aromatic rings. The molecule has 0 atom stereocenters. The number of hydrogen-bond acceptors (Lipinski definition) is 10. The summed E-state index contributed by atoms with van der Waals surface area (Å²) in [5, 5.41) is 19.4. The van der Waals surface area contributed by atoms with E-state index in [4.69, 9.17) is 13.1 Å². The molecule has 0 saturated carbocycles. The Morgan fingerprint density at radius 1 is 0.705 bits per heavy atom. The van der Waals surface area contributed by atoms with E-state index in [1.807, 2.05) is 12.1 Å². The minimum Gasteiger partial charge on any atom is -0.312 e. The number of aromatic nitrogens is 3. The SMILES string of the molecule is [C-]#[N+]c1cc2c(cc1[N+]#[C-])C(=O)C(=Cc1nc3c(s1)c1sc(C=C4C(=O)c5cc(C#N)c(C#N)cc5C4=O)nc1n3C)C2=O. The summed E-state index contributed by atoms with van der Waals surface area (Å²) in [7, 11) is 1.74. The Labute approximate surface area is 254 Å². The summed E-state index contributed by atoms with van der Waals surface area (Å²) in [6.07, 6.45) is 2.79. The molecule has 0 fully saturated rings. The minimum atomic E-state index is -0.555. The van der Waals surface area contributed by atoms with Gasteiger partial charge in [-0.05, 0) is 24.3 Å². The van der Waals surface area contributed by atoms with Gasteiger partial charge < -0.3 is 4.57 Å². The third kappa shape index (κ3) is 3.55. The number of aryl methyl sites for hydroxylation is 1. The Morgan fingerprint density at radius 3 is 1.41 bits per heavy atom. The molecule has 11 nitrogen and oxygen atoms in total. The van der Waals surface area contributed by atoms with E-state index in [0.717, 1.165) is 9.40 Å². The highest BCUT2D eigenvalue weighted by Gasteiger charge is 2.36. The summed E-state index contributed by atoms with van der Waals surface area (Å²) in [5.41, 5.74) is 1.20. The standard InChI is InChI=1S/C31H9N7O4S2/c1-34-20-6-16-17(7-21(20)35-2)27(42)19(26(16)41)9-23-37-31-29(44-23)28-30(38(31)3)36-22(43-28)8-18-24(39)14-4-12(10-32)13(11-33)5-15(14)25(18)40/h4-9H,3H3. The van der Waals surface area contributed by atoms with Crippen LogP contribution >= 0.6 is 22.7 Å². The lowest BCUT2D eigenvalue weighted by Crippen LogP contribution is -2.00. The largest absolute Gasteiger partial charge is 0.312 e. The quantitative estimate of drug-likeness (QED) is 0.134. The van der Waals surface area contributed by atoms with Crippen molar-refractivity contribution in [2.45, 2.75) is 0 Å². The Kier molecular flexibility index (Phi) is 5.61. The van der Waals surface area contributed by atoms with Crippen LogP contribution in [0.25, 0.3) is 42.5 Å². The van der Waals surface area contributed by atoms with Crippen LogP contribution in [0.4, 0.5) is 11.4 Å². The van der Waals surface area contributed by atoms with Crippen molar-refractivity contribution in [2.75, 3.05) is 0 Å². The zero-order valence-corrected chi connectivity index (χ0v) is 23.7. The van der Waals surface area contributed by atoms with Gasteiger partial charge in [-0.2, -0.15) is 10.5 Å². The lowest BCUT2D eigenvalue weighted by atomic mass is 10.0. The molecule has 7 rings (SSSR count). The van der Waals surface area contributed by atoms with Gasteiger partial charge in [-0.3, -0.25) is 28.9 Å². The molecule has 0 N–H and O–H groups in total. The molecule has 3 heterocycles. The molecule has 2 aliphatic carbocycles. The van der Waals surface area contributed by atoms with Crippen LogP contribution in [0.1, 0.15) is 62.6 Å². The van der Waals surface area contributed by atoms with Crippen LogP contribution in [0.15, 0.2) is 35.4 Å². The third-order valence-corrected chi connectivity index (χ3v) is 9.49. The van der Waals surface area contributed by atoms with Gasteiger partial charge in [0, 0.05) is 29.3 Å². The van der Waals surface area contributed by atoms with Crippen molar-refractivity contribution in [3.63, 3.8) is 0 Å². The normalized spacial score (nSPS) is 13.6. The average molecular weight is 608 g/mol. The van der Waals surface area contributed by atoms with E-state index < -0.39 is 23.1 Å². The van der Waals surface area contributed by atoms with Crippen LogP contribution in [0.2, 0.25) is 0 Å². The Morgan fingerprint density at radius 2 is 1.07 bits per heavy atom. The van der Waals surface area contributed by atoms with E-state index in [0.29, 0.717) is 21.3 Å². The molecule has 0 aliphatic heterocycles. The summed E-state index contributed by atoms with van der Waals surface area (Å²) in [6, 6.07) is 8.81. The molecule has 0 unspecified atom stereocenters. The lowest BCUT2D eigenvalue weighted by molar-refractivity contribution is 0.0975. The van der Waals surface area contributed by atoms with Crippen LogP contribution in [0.5, 0.6) is 0 Å². The number of carbonyl (C=O) groups excluding carboxylic acids is 4. The number of nitriles is 2. The number of rotatable bonds is 2.